The van der Waals surface area contributed by atoms with Gasteiger partial charge in [0.2, 0.25) is 0 Å². The Balaban J connectivity index is 2.66. The molecule has 2 aromatic rings. The SMILES string of the molecule is COc1ccc(F)cc1-c1c(CCN)nn(C)c1C. The van der Waals surface area contributed by atoms with E-state index in [9.17, 15) is 4.39 Å². The lowest BCUT2D eigenvalue weighted by molar-refractivity contribution is 0.415. The van der Waals surface area contributed by atoms with Crippen LogP contribution in [0.3, 0.4) is 0 Å². The number of halogens is 1. The number of aromatic nitrogens is 2. The molecule has 0 radical (unpaired) electrons. The summed E-state index contributed by atoms with van der Waals surface area (Å²) in [4.78, 5) is 0. The van der Waals surface area contributed by atoms with Gasteiger partial charge in [-0.05, 0) is 31.7 Å². The van der Waals surface area contributed by atoms with Crippen molar-refractivity contribution in [1.29, 1.82) is 0 Å². The van der Waals surface area contributed by atoms with E-state index in [2.05, 4.69) is 5.10 Å². The number of methoxy groups -OCH3 is 1. The van der Waals surface area contributed by atoms with Gasteiger partial charge >= 0.3 is 0 Å². The summed E-state index contributed by atoms with van der Waals surface area (Å²) < 4.78 is 20.6. The lowest BCUT2D eigenvalue weighted by Crippen LogP contribution is -2.05. The quantitative estimate of drug-likeness (QED) is 0.918. The predicted molar refractivity (Wildman–Crippen MR) is 72.6 cm³/mol. The molecule has 0 fully saturated rings. The average Bonchev–Trinajstić information content (AvgIpc) is 2.65. The summed E-state index contributed by atoms with van der Waals surface area (Å²) in [7, 11) is 3.44. The van der Waals surface area contributed by atoms with Gasteiger partial charge in [-0.3, -0.25) is 4.68 Å². The van der Waals surface area contributed by atoms with Crippen LogP contribution in [-0.2, 0) is 13.5 Å². The Morgan fingerprint density at radius 3 is 2.79 bits per heavy atom. The second-order valence-corrected chi connectivity index (χ2v) is 4.41. The van der Waals surface area contributed by atoms with Crippen molar-refractivity contribution in [1.82, 2.24) is 9.78 Å². The smallest absolute Gasteiger partial charge is 0.127 e. The van der Waals surface area contributed by atoms with Crippen LogP contribution in [0.1, 0.15) is 11.4 Å². The first-order valence-electron chi connectivity index (χ1n) is 6.15. The molecule has 0 aliphatic heterocycles. The number of nitrogens with zero attached hydrogens (tertiary/aromatic N) is 2. The van der Waals surface area contributed by atoms with Gasteiger partial charge in [0, 0.05) is 30.3 Å². The number of hydrogen-bond donors (Lipinski definition) is 1. The van der Waals surface area contributed by atoms with Crippen LogP contribution in [0.2, 0.25) is 0 Å². The minimum atomic E-state index is -0.294. The van der Waals surface area contributed by atoms with Crippen LogP contribution in [0.4, 0.5) is 4.39 Å². The van der Waals surface area contributed by atoms with Gasteiger partial charge in [0.1, 0.15) is 11.6 Å². The molecule has 5 heteroatoms. The second-order valence-electron chi connectivity index (χ2n) is 4.41. The monoisotopic (exact) mass is 263 g/mol. The van der Waals surface area contributed by atoms with Crippen LogP contribution in [0.15, 0.2) is 18.2 Å². The van der Waals surface area contributed by atoms with Crippen molar-refractivity contribution in [3.05, 3.63) is 35.4 Å². The van der Waals surface area contributed by atoms with Crippen molar-refractivity contribution < 1.29 is 9.13 Å². The first-order chi connectivity index (χ1) is 9.08. The largest absolute Gasteiger partial charge is 0.496 e. The molecule has 2 N–H and O–H groups in total. The van der Waals surface area contributed by atoms with E-state index in [4.69, 9.17) is 10.5 Å². The van der Waals surface area contributed by atoms with Crippen LogP contribution in [-0.4, -0.2) is 23.4 Å². The number of ether oxygens (including phenoxy) is 1. The highest BCUT2D eigenvalue weighted by atomic mass is 19.1. The van der Waals surface area contributed by atoms with Crippen molar-refractivity contribution >= 4 is 0 Å². The molecule has 0 unspecified atom stereocenters. The third kappa shape index (κ3) is 2.46. The van der Waals surface area contributed by atoms with E-state index in [1.807, 2.05) is 14.0 Å². The van der Waals surface area contributed by atoms with E-state index in [-0.39, 0.29) is 5.82 Å². The molecular weight excluding hydrogens is 245 g/mol. The number of aryl methyl sites for hydroxylation is 1. The Morgan fingerprint density at radius 1 is 1.42 bits per heavy atom. The van der Waals surface area contributed by atoms with Crippen molar-refractivity contribution in [2.45, 2.75) is 13.3 Å². The van der Waals surface area contributed by atoms with Gasteiger partial charge in [-0.2, -0.15) is 5.10 Å². The summed E-state index contributed by atoms with van der Waals surface area (Å²) in [6.45, 7) is 2.45. The van der Waals surface area contributed by atoms with E-state index >= 15 is 0 Å². The van der Waals surface area contributed by atoms with Crippen molar-refractivity contribution in [3.63, 3.8) is 0 Å². The Labute approximate surface area is 112 Å². The molecule has 0 spiro atoms. The average molecular weight is 263 g/mol. The fraction of sp³-hybridized carbons (Fsp3) is 0.357. The first kappa shape index (κ1) is 13.5. The summed E-state index contributed by atoms with van der Waals surface area (Å²) in [6.07, 6.45) is 0.649. The van der Waals surface area contributed by atoms with Crippen molar-refractivity contribution in [2.24, 2.45) is 12.8 Å². The minimum absolute atomic E-state index is 0.294. The van der Waals surface area contributed by atoms with Gasteiger partial charge in [0.25, 0.3) is 0 Å². The molecule has 0 aliphatic rings. The maximum absolute atomic E-state index is 13.5. The fourth-order valence-corrected chi connectivity index (χ4v) is 2.21. The molecule has 1 aromatic carbocycles. The molecular formula is C14H18FN3O. The summed E-state index contributed by atoms with van der Waals surface area (Å²) in [5, 5.41) is 4.44. The maximum atomic E-state index is 13.5. The highest BCUT2D eigenvalue weighted by molar-refractivity contribution is 5.74. The number of hydrogen-bond acceptors (Lipinski definition) is 3. The van der Waals surface area contributed by atoms with E-state index in [1.165, 1.54) is 12.1 Å². The van der Waals surface area contributed by atoms with E-state index in [0.29, 0.717) is 18.7 Å². The Hall–Kier alpha value is -1.88. The number of benzene rings is 1. The highest BCUT2D eigenvalue weighted by Crippen LogP contribution is 2.35. The minimum Gasteiger partial charge on any atom is -0.496 e. The van der Waals surface area contributed by atoms with Crippen LogP contribution in [0, 0.1) is 12.7 Å². The molecule has 0 aliphatic carbocycles. The Morgan fingerprint density at radius 2 is 2.16 bits per heavy atom. The summed E-state index contributed by atoms with van der Waals surface area (Å²) in [6, 6.07) is 4.49. The summed E-state index contributed by atoms with van der Waals surface area (Å²) in [5.41, 5.74) is 9.07. The van der Waals surface area contributed by atoms with Gasteiger partial charge in [-0.15, -0.1) is 0 Å². The van der Waals surface area contributed by atoms with Crippen molar-refractivity contribution in [3.8, 4) is 16.9 Å². The normalized spacial score (nSPS) is 10.8. The molecule has 19 heavy (non-hydrogen) atoms. The Bertz CT molecular complexity index is 593. The van der Waals surface area contributed by atoms with E-state index in [1.54, 1.807) is 17.9 Å². The molecule has 0 bridgehead atoms. The van der Waals surface area contributed by atoms with E-state index < -0.39 is 0 Å². The predicted octanol–water partition coefficient (Wildman–Crippen LogP) is 2.04. The third-order valence-corrected chi connectivity index (χ3v) is 3.22. The molecule has 102 valence electrons. The van der Waals surface area contributed by atoms with Crippen LogP contribution < -0.4 is 10.5 Å². The molecule has 2 rings (SSSR count). The van der Waals surface area contributed by atoms with Crippen LogP contribution >= 0.6 is 0 Å². The fourth-order valence-electron chi connectivity index (χ4n) is 2.21. The topological polar surface area (TPSA) is 53.1 Å². The molecule has 0 saturated heterocycles. The standard InChI is InChI=1S/C14H18FN3O/c1-9-14(12(6-7-16)17-18(9)2)11-8-10(15)4-5-13(11)19-3/h4-5,8H,6-7,16H2,1-3H3. The van der Waals surface area contributed by atoms with Gasteiger partial charge < -0.3 is 10.5 Å². The number of rotatable bonds is 4. The van der Waals surface area contributed by atoms with Gasteiger partial charge in [0.05, 0.1) is 12.8 Å². The summed E-state index contributed by atoms with van der Waals surface area (Å²) in [5.74, 6) is 0.341. The molecule has 1 aromatic heterocycles. The Kier molecular flexibility index (Phi) is 3.85. The van der Waals surface area contributed by atoms with Crippen molar-refractivity contribution in [2.75, 3.05) is 13.7 Å². The van der Waals surface area contributed by atoms with E-state index in [0.717, 1.165) is 22.5 Å². The lowest BCUT2D eigenvalue weighted by Gasteiger charge is -2.10. The second kappa shape index (κ2) is 5.40. The highest BCUT2D eigenvalue weighted by Gasteiger charge is 2.18. The van der Waals surface area contributed by atoms with Gasteiger partial charge in [0.15, 0.2) is 0 Å². The molecule has 0 atom stereocenters. The first-order valence-corrected chi connectivity index (χ1v) is 6.15. The summed E-state index contributed by atoms with van der Waals surface area (Å²) >= 11 is 0. The zero-order valence-corrected chi connectivity index (χ0v) is 11.4. The zero-order chi connectivity index (χ0) is 14.0. The number of nitrogens with two attached hydrogens (primary N) is 1. The van der Waals surface area contributed by atoms with Crippen LogP contribution in [0.25, 0.3) is 11.1 Å². The van der Waals surface area contributed by atoms with Gasteiger partial charge in [-0.25, -0.2) is 4.39 Å². The van der Waals surface area contributed by atoms with Gasteiger partial charge in [-0.1, -0.05) is 0 Å². The van der Waals surface area contributed by atoms with Crippen LogP contribution in [0.5, 0.6) is 5.75 Å². The molecule has 0 saturated carbocycles. The molecule has 0 amide bonds. The molecule has 4 nitrogen and oxygen atoms in total. The lowest BCUT2D eigenvalue weighted by atomic mass is 10.0. The zero-order valence-electron chi connectivity index (χ0n) is 11.4. The maximum Gasteiger partial charge on any atom is 0.127 e. The third-order valence-electron chi connectivity index (χ3n) is 3.22. The molecule has 1 heterocycles.